The molecule has 1 aromatic rings. The Labute approximate surface area is 161 Å². The Morgan fingerprint density at radius 1 is 1.26 bits per heavy atom. The second-order valence-electron chi connectivity index (χ2n) is 5.41. The molecule has 0 heterocycles. The van der Waals surface area contributed by atoms with E-state index in [1.807, 2.05) is 6.92 Å². The van der Waals surface area contributed by atoms with Crippen LogP contribution in [-0.2, 0) is 14.4 Å². The minimum Gasteiger partial charge on any atom is -0.546 e. The molecule has 0 aliphatic carbocycles. The molecule has 2 amide bonds. The summed E-state index contributed by atoms with van der Waals surface area (Å²) in [5, 5.41) is 16.8. The quantitative estimate of drug-likeness (QED) is 0.348. The minimum atomic E-state index is -1.41. The second kappa shape index (κ2) is 11.0. The highest BCUT2D eigenvalue weighted by molar-refractivity contribution is 6.35. The number of carbonyl (C=O) groups is 3. The van der Waals surface area contributed by atoms with Crippen LogP contribution in [0.2, 0.25) is 5.02 Å². The van der Waals surface area contributed by atoms with Crippen molar-refractivity contribution in [3.8, 4) is 11.5 Å². The third-order valence-electron chi connectivity index (χ3n) is 3.24. The fourth-order valence-corrected chi connectivity index (χ4v) is 2.08. The summed E-state index contributed by atoms with van der Waals surface area (Å²) in [5.41, 5.74) is 2.54. The predicted octanol–water partition coefficient (Wildman–Crippen LogP) is 0.232. The van der Waals surface area contributed by atoms with Crippen molar-refractivity contribution in [2.75, 3.05) is 13.2 Å². The summed E-state index contributed by atoms with van der Waals surface area (Å²) in [4.78, 5) is 33.8. The van der Waals surface area contributed by atoms with E-state index in [9.17, 15) is 19.5 Å². The molecule has 10 heteroatoms. The van der Waals surface area contributed by atoms with Crippen LogP contribution in [0.5, 0.6) is 11.5 Å². The van der Waals surface area contributed by atoms with Gasteiger partial charge >= 0.3 is 11.8 Å². The molecule has 0 unspecified atom stereocenters. The molecule has 0 fully saturated rings. The summed E-state index contributed by atoms with van der Waals surface area (Å²) in [6, 6.07) is 2.80. The number of aliphatic carboxylic acids is 1. The Hall–Kier alpha value is -2.81. The molecular formula is C17H21ClN3O6-. The zero-order chi connectivity index (χ0) is 20.4. The zero-order valence-corrected chi connectivity index (χ0v) is 16.0. The maximum absolute atomic E-state index is 11.7. The monoisotopic (exact) mass is 398 g/mol. The van der Waals surface area contributed by atoms with Gasteiger partial charge in [-0.1, -0.05) is 18.5 Å². The third-order valence-corrected chi connectivity index (χ3v) is 3.52. The third kappa shape index (κ3) is 7.53. The van der Waals surface area contributed by atoms with Crippen molar-refractivity contribution < 1.29 is 29.0 Å². The van der Waals surface area contributed by atoms with E-state index in [1.54, 1.807) is 13.8 Å². The number of nitrogens with zero attached hydrogens (tertiary/aromatic N) is 1. The van der Waals surface area contributed by atoms with Gasteiger partial charge in [0.15, 0.2) is 11.5 Å². The maximum atomic E-state index is 11.7. The van der Waals surface area contributed by atoms with Gasteiger partial charge in [-0.2, -0.15) is 5.10 Å². The van der Waals surface area contributed by atoms with Crippen molar-refractivity contribution in [3.63, 3.8) is 0 Å². The SMILES string of the molecule is CCOc1cc(/C=N\NC(=O)C(=O)N[C@@H](C)CC)cc(Cl)c1OCC(=O)[O-]. The Balaban J connectivity index is 2.85. The lowest BCUT2D eigenvalue weighted by atomic mass is 10.2. The molecule has 0 aromatic heterocycles. The first-order valence-electron chi connectivity index (χ1n) is 8.21. The number of hydrogen-bond donors (Lipinski definition) is 2. The summed E-state index contributed by atoms with van der Waals surface area (Å²) < 4.78 is 10.4. The van der Waals surface area contributed by atoms with E-state index >= 15 is 0 Å². The molecule has 1 aromatic carbocycles. The van der Waals surface area contributed by atoms with E-state index in [1.165, 1.54) is 18.3 Å². The van der Waals surface area contributed by atoms with E-state index < -0.39 is 24.4 Å². The van der Waals surface area contributed by atoms with Gasteiger partial charge in [-0.15, -0.1) is 0 Å². The molecule has 0 spiro atoms. The van der Waals surface area contributed by atoms with Crippen molar-refractivity contribution in [1.82, 2.24) is 10.7 Å². The molecule has 2 N–H and O–H groups in total. The van der Waals surface area contributed by atoms with E-state index in [2.05, 4.69) is 15.8 Å². The maximum Gasteiger partial charge on any atom is 0.329 e. The molecule has 148 valence electrons. The van der Waals surface area contributed by atoms with Crippen molar-refractivity contribution >= 4 is 35.6 Å². The van der Waals surface area contributed by atoms with E-state index in [-0.39, 0.29) is 29.2 Å². The van der Waals surface area contributed by atoms with Crippen LogP contribution in [0.3, 0.4) is 0 Å². The number of benzene rings is 1. The van der Waals surface area contributed by atoms with E-state index in [0.717, 1.165) is 0 Å². The summed E-state index contributed by atoms with van der Waals surface area (Å²) in [6.07, 6.45) is 1.94. The topological polar surface area (TPSA) is 129 Å². The molecule has 0 bridgehead atoms. The second-order valence-corrected chi connectivity index (χ2v) is 5.81. The number of hydrazone groups is 1. The number of nitrogens with one attached hydrogen (secondary N) is 2. The van der Waals surface area contributed by atoms with Crippen LogP contribution >= 0.6 is 11.6 Å². The van der Waals surface area contributed by atoms with Gasteiger partial charge in [0.05, 0.1) is 23.8 Å². The van der Waals surface area contributed by atoms with Crippen LogP contribution in [0.1, 0.15) is 32.8 Å². The first-order chi connectivity index (χ1) is 12.8. The van der Waals surface area contributed by atoms with Crippen LogP contribution in [0.15, 0.2) is 17.2 Å². The Morgan fingerprint density at radius 3 is 2.56 bits per heavy atom. The number of hydrogen-bond acceptors (Lipinski definition) is 7. The molecular weight excluding hydrogens is 378 g/mol. The van der Waals surface area contributed by atoms with Gasteiger partial charge in [-0.3, -0.25) is 9.59 Å². The average Bonchev–Trinajstić information content (AvgIpc) is 2.60. The Morgan fingerprint density at radius 2 is 1.96 bits per heavy atom. The molecule has 0 saturated heterocycles. The number of carboxylic acids is 1. The zero-order valence-electron chi connectivity index (χ0n) is 15.2. The van der Waals surface area contributed by atoms with Gasteiger partial charge in [0.25, 0.3) is 0 Å². The molecule has 27 heavy (non-hydrogen) atoms. The van der Waals surface area contributed by atoms with Gasteiger partial charge in [0, 0.05) is 6.04 Å². The highest BCUT2D eigenvalue weighted by Gasteiger charge is 2.15. The molecule has 0 saturated carbocycles. The Kier molecular flexibility index (Phi) is 9.07. The molecule has 9 nitrogen and oxygen atoms in total. The summed E-state index contributed by atoms with van der Waals surface area (Å²) >= 11 is 6.09. The van der Waals surface area contributed by atoms with Crippen LogP contribution in [0.4, 0.5) is 0 Å². The highest BCUT2D eigenvalue weighted by Crippen LogP contribution is 2.36. The lowest BCUT2D eigenvalue weighted by Gasteiger charge is -2.14. The van der Waals surface area contributed by atoms with Crippen molar-refractivity contribution in [3.05, 3.63) is 22.7 Å². The minimum absolute atomic E-state index is 0.0526. The number of amides is 2. The normalized spacial score (nSPS) is 11.7. The summed E-state index contributed by atoms with van der Waals surface area (Å²) in [6.45, 7) is 4.98. The average molecular weight is 399 g/mol. The molecule has 0 radical (unpaired) electrons. The van der Waals surface area contributed by atoms with Gasteiger partial charge in [0.2, 0.25) is 0 Å². The van der Waals surface area contributed by atoms with Gasteiger partial charge < -0.3 is 24.7 Å². The number of halogens is 1. The van der Waals surface area contributed by atoms with Gasteiger partial charge in [-0.25, -0.2) is 5.43 Å². The van der Waals surface area contributed by atoms with Gasteiger partial charge in [0.1, 0.15) is 6.61 Å². The molecule has 1 atom stereocenters. The predicted molar refractivity (Wildman–Crippen MR) is 96.8 cm³/mol. The molecule has 0 aliphatic heterocycles. The van der Waals surface area contributed by atoms with E-state index in [4.69, 9.17) is 21.1 Å². The fourth-order valence-electron chi connectivity index (χ4n) is 1.80. The van der Waals surface area contributed by atoms with Crippen LogP contribution in [-0.4, -0.2) is 43.3 Å². The number of rotatable bonds is 9. The summed E-state index contributed by atoms with van der Waals surface area (Å²) in [5.74, 6) is -2.85. The van der Waals surface area contributed by atoms with Crippen molar-refractivity contribution in [2.45, 2.75) is 33.2 Å². The van der Waals surface area contributed by atoms with Crippen LogP contribution < -0.4 is 25.3 Å². The van der Waals surface area contributed by atoms with E-state index in [0.29, 0.717) is 12.0 Å². The lowest BCUT2D eigenvalue weighted by molar-refractivity contribution is -0.307. The first kappa shape index (κ1) is 22.2. The molecule has 1 rings (SSSR count). The highest BCUT2D eigenvalue weighted by atomic mass is 35.5. The van der Waals surface area contributed by atoms with Crippen LogP contribution in [0.25, 0.3) is 0 Å². The molecule has 0 aliphatic rings. The van der Waals surface area contributed by atoms with Gasteiger partial charge in [-0.05, 0) is 38.0 Å². The number of carboxylic acid groups (broad SMARTS) is 1. The summed E-state index contributed by atoms with van der Waals surface area (Å²) in [7, 11) is 0. The Bertz CT molecular complexity index is 723. The standard InChI is InChI=1S/C17H22ClN3O6/c1-4-10(3)20-16(24)17(25)21-19-8-11-6-12(18)15(27-9-14(22)23)13(7-11)26-5-2/h6-8,10H,4-5,9H2,1-3H3,(H,20,24)(H,21,25)(H,22,23)/p-1/b19-8-/t10-/m0/s1. The number of ether oxygens (including phenoxy) is 2. The number of carbonyl (C=O) groups excluding carboxylic acids is 3. The lowest BCUT2D eigenvalue weighted by Crippen LogP contribution is -2.41. The smallest absolute Gasteiger partial charge is 0.329 e. The van der Waals surface area contributed by atoms with Crippen molar-refractivity contribution in [1.29, 1.82) is 0 Å². The first-order valence-corrected chi connectivity index (χ1v) is 8.59. The largest absolute Gasteiger partial charge is 0.546 e. The fraction of sp³-hybridized carbons (Fsp3) is 0.412. The van der Waals surface area contributed by atoms with Crippen molar-refractivity contribution in [2.24, 2.45) is 5.10 Å². The van der Waals surface area contributed by atoms with Crippen LogP contribution in [0, 0.1) is 0 Å².